The fourth-order valence-electron chi connectivity index (χ4n) is 2.19. The highest BCUT2D eigenvalue weighted by atomic mass is 35.5. The lowest BCUT2D eigenvalue weighted by molar-refractivity contribution is -0.142. The molecular weight excluding hydrogens is 270 g/mol. The Balaban J connectivity index is 1.95. The Morgan fingerprint density at radius 3 is 2.42 bits per heavy atom. The summed E-state index contributed by atoms with van der Waals surface area (Å²) in [6.45, 7) is 0. The van der Waals surface area contributed by atoms with Crippen molar-refractivity contribution in [1.82, 2.24) is 15.0 Å². The van der Waals surface area contributed by atoms with Crippen molar-refractivity contribution in [3.8, 4) is 0 Å². The summed E-state index contributed by atoms with van der Waals surface area (Å²) >= 11 is 5.79. The van der Waals surface area contributed by atoms with Gasteiger partial charge in [-0.25, -0.2) is 0 Å². The molecule has 104 valence electrons. The molecule has 1 fully saturated rings. The zero-order valence-electron chi connectivity index (χ0n) is 10.6. The summed E-state index contributed by atoms with van der Waals surface area (Å²) in [5.41, 5.74) is 0. The smallest absolute Gasteiger partial charge is 0.306 e. The first-order chi connectivity index (χ1) is 9.08. The Morgan fingerprint density at radius 2 is 1.84 bits per heavy atom. The molecule has 8 heteroatoms. The van der Waals surface area contributed by atoms with E-state index in [1.165, 1.54) is 0 Å². The minimum Gasteiger partial charge on any atom is -0.481 e. The summed E-state index contributed by atoms with van der Waals surface area (Å²) in [6.07, 6.45) is 2.92. The summed E-state index contributed by atoms with van der Waals surface area (Å²) in [5, 5.41) is 15.0. The van der Waals surface area contributed by atoms with Gasteiger partial charge in [0.15, 0.2) is 0 Å². The number of anilines is 2. The van der Waals surface area contributed by atoms with Gasteiger partial charge in [-0.3, -0.25) is 4.79 Å². The minimum atomic E-state index is -0.709. The fourth-order valence-corrected chi connectivity index (χ4v) is 2.35. The van der Waals surface area contributed by atoms with Gasteiger partial charge in [-0.1, -0.05) is 0 Å². The molecule has 0 amide bonds. The van der Waals surface area contributed by atoms with Crippen LogP contribution >= 0.6 is 11.6 Å². The second-order valence-corrected chi connectivity index (χ2v) is 4.87. The third-order valence-electron chi connectivity index (χ3n) is 3.24. The maximum atomic E-state index is 10.9. The van der Waals surface area contributed by atoms with Crippen molar-refractivity contribution < 1.29 is 9.90 Å². The zero-order valence-corrected chi connectivity index (χ0v) is 11.3. The van der Waals surface area contributed by atoms with Crippen LogP contribution in [0.25, 0.3) is 0 Å². The number of nitrogens with zero attached hydrogens (tertiary/aromatic N) is 3. The molecule has 1 aliphatic carbocycles. The molecule has 0 spiro atoms. The quantitative estimate of drug-likeness (QED) is 0.773. The molecule has 7 nitrogen and oxygen atoms in total. The van der Waals surface area contributed by atoms with Crippen LogP contribution < -0.4 is 10.6 Å². The van der Waals surface area contributed by atoms with Gasteiger partial charge in [0.05, 0.1) is 5.92 Å². The molecule has 0 aromatic carbocycles. The van der Waals surface area contributed by atoms with Gasteiger partial charge in [-0.05, 0) is 37.3 Å². The fraction of sp³-hybridized carbons (Fsp3) is 0.636. The van der Waals surface area contributed by atoms with Crippen LogP contribution in [-0.2, 0) is 4.79 Å². The van der Waals surface area contributed by atoms with Crippen LogP contribution in [0.1, 0.15) is 25.7 Å². The van der Waals surface area contributed by atoms with Crippen LogP contribution in [0.3, 0.4) is 0 Å². The number of aromatic nitrogens is 3. The predicted octanol–water partition coefficient (Wildman–Crippen LogP) is 1.62. The van der Waals surface area contributed by atoms with E-state index in [0.717, 1.165) is 12.8 Å². The Bertz CT molecular complexity index is 462. The molecule has 1 saturated carbocycles. The molecule has 0 saturated heterocycles. The molecule has 0 radical (unpaired) electrons. The van der Waals surface area contributed by atoms with E-state index in [9.17, 15) is 4.79 Å². The predicted molar refractivity (Wildman–Crippen MR) is 71.4 cm³/mol. The molecule has 3 N–H and O–H groups in total. The Morgan fingerprint density at radius 1 is 1.21 bits per heavy atom. The lowest BCUT2D eigenvalue weighted by Crippen LogP contribution is -2.30. The van der Waals surface area contributed by atoms with Gasteiger partial charge in [0, 0.05) is 13.1 Å². The van der Waals surface area contributed by atoms with E-state index in [4.69, 9.17) is 16.7 Å². The highest BCUT2D eigenvalue weighted by Gasteiger charge is 2.26. The average Bonchev–Trinajstić information content (AvgIpc) is 2.38. The number of hydrogen-bond donors (Lipinski definition) is 3. The van der Waals surface area contributed by atoms with Crippen LogP contribution in [0.2, 0.25) is 5.28 Å². The first kappa shape index (κ1) is 13.8. The van der Waals surface area contributed by atoms with Crippen molar-refractivity contribution in [3.05, 3.63) is 5.28 Å². The van der Waals surface area contributed by atoms with E-state index >= 15 is 0 Å². The maximum absolute atomic E-state index is 10.9. The summed E-state index contributed by atoms with van der Waals surface area (Å²) < 4.78 is 0. The Labute approximate surface area is 115 Å². The Hall–Kier alpha value is -1.63. The first-order valence-corrected chi connectivity index (χ1v) is 6.55. The van der Waals surface area contributed by atoms with Crippen LogP contribution in [0.5, 0.6) is 0 Å². The molecule has 1 aromatic heterocycles. The number of carboxylic acid groups (broad SMARTS) is 1. The third-order valence-corrected chi connectivity index (χ3v) is 3.41. The highest BCUT2D eigenvalue weighted by Crippen LogP contribution is 2.26. The molecule has 1 aromatic rings. The van der Waals surface area contributed by atoms with Gasteiger partial charge in [0.1, 0.15) is 0 Å². The second kappa shape index (κ2) is 6.01. The van der Waals surface area contributed by atoms with Crippen LogP contribution in [0, 0.1) is 5.92 Å². The van der Waals surface area contributed by atoms with Gasteiger partial charge in [0.25, 0.3) is 0 Å². The Kier molecular flexibility index (Phi) is 4.36. The van der Waals surface area contributed by atoms with Crippen molar-refractivity contribution in [3.63, 3.8) is 0 Å². The summed E-state index contributed by atoms with van der Waals surface area (Å²) in [5.74, 6) is -0.114. The molecule has 1 heterocycles. The molecule has 2 rings (SSSR count). The minimum absolute atomic E-state index is 0.126. The van der Waals surface area contributed by atoms with Crippen LogP contribution in [-0.4, -0.2) is 39.1 Å². The van der Waals surface area contributed by atoms with Gasteiger partial charge in [0.2, 0.25) is 17.2 Å². The standard InChI is InChI=1S/C11H16ClN5O2/c1-13-10-15-9(12)16-11(17-10)14-7-4-2-6(3-5-7)8(18)19/h6-7H,2-5H2,1H3,(H,18,19)(H2,13,14,15,16,17). The SMILES string of the molecule is CNc1nc(Cl)nc(NC2CCC(C(=O)O)CC2)n1. The summed E-state index contributed by atoms with van der Waals surface area (Å²) in [7, 11) is 1.70. The molecule has 19 heavy (non-hydrogen) atoms. The largest absolute Gasteiger partial charge is 0.481 e. The van der Waals surface area contributed by atoms with E-state index < -0.39 is 5.97 Å². The van der Waals surface area contributed by atoms with Crippen molar-refractivity contribution in [2.75, 3.05) is 17.7 Å². The number of nitrogens with one attached hydrogen (secondary N) is 2. The monoisotopic (exact) mass is 285 g/mol. The maximum Gasteiger partial charge on any atom is 0.306 e. The van der Waals surface area contributed by atoms with E-state index in [2.05, 4.69) is 25.6 Å². The van der Waals surface area contributed by atoms with Gasteiger partial charge in [-0.2, -0.15) is 15.0 Å². The van der Waals surface area contributed by atoms with E-state index in [0.29, 0.717) is 24.7 Å². The molecule has 0 atom stereocenters. The zero-order chi connectivity index (χ0) is 13.8. The van der Waals surface area contributed by atoms with E-state index in [-0.39, 0.29) is 17.2 Å². The summed E-state index contributed by atoms with van der Waals surface area (Å²) in [4.78, 5) is 22.9. The lowest BCUT2D eigenvalue weighted by atomic mass is 9.86. The molecule has 0 unspecified atom stereocenters. The van der Waals surface area contributed by atoms with Crippen LogP contribution in [0.4, 0.5) is 11.9 Å². The number of aliphatic carboxylic acids is 1. The average molecular weight is 286 g/mol. The first-order valence-electron chi connectivity index (χ1n) is 6.17. The summed E-state index contributed by atoms with van der Waals surface area (Å²) in [6, 6.07) is 0.179. The normalized spacial score (nSPS) is 22.8. The van der Waals surface area contributed by atoms with Crippen molar-refractivity contribution in [2.45, 2.75) is 31.7 Å². The van der Waals surface area contributed by atoms with Gasteiger partial charge < -0.3 is 15.7 Å². The van der Waals surface area contributed by atoms with Crippen LogP contribution in [0.15, 0.2) is 0 Å². The third kappa shape index (κ3) is 3.66. The number of hydrogen-bond acceptors (Lipinski definition) is 6. The van der Waals surface area contributed by atoms with Crippen molar-refractivity contribution >= 4 is 29.5 Å². The second-order valence-electron chi connectivity index (χ2n) is 4.53. The molecular formula is C11H16ClN5O2. The molecule has 1 aliphatic rings. The topological polar surface area (TPSA) is 100 Å². The number of carboxylic acids is 1. The highest BCUT2D eigenvalue weighted by molar-refractivity contribution is 6.28. The van der Waals surface area contributed by atoms with E-state index in [1.54, 1.807) is 7.05 Å². The number of carbonyl (C=O) groups is 1. The van der Waals surface area contributed by atoms with Gasteiger partial charge in [-0.15, -0.1) is 0 Å². The van der Waals surface area contributed by atoms with Crippen molar-refractivity contribution in [2.24, 2.45) is 5.92 Å². The van der Waals surface area contributed by atoms with Crippen molar-refractivity contribution in [1.29, 1.82) is 0 Å². The van der Waals surface area contributed by atoms with Gasteiger partial charge >= 0.3 is 5.97 Å². The lowest BCUT2D eigenvalue weighted by Gasteiger charge is -2.26. The molecule has 0 aliphatic heterocycles. The number of halogens is 1. The molecule has 0 bridgehead atoms. The number of rotatable bonds is 4. The van der Waals surface area contributed by atoms with E-state index in [1.807, 2.05) is 0 Å².